The van der Waals surface area contributed by atoms with Gasteiger partial charge in [-0.3, -0.25) is 0 Å². The van der Waals surface area contributed by atoms with E-state index in [0.29, 0.717) is 31.1 Å². The van der Waals surface area contributed by atoms with Crippen molar-refractivity contribution in [3.8, 4) is 0 Å². The fraction of sp³-hybridized carbons (Fsp3) is 0.769. The summed E-state index contributed by atoms with van der Waals surface area (Å²) in [5, 5.41) is 12.5. The zero-order valence-electron chi connectivity index (χ0n) is 13.1. The van der Waals surface area contributed by atoms with Crippen molar-refractivity contribution in [1.82, 2.24) is 15.0 Å². The highest BCUT2D eigenvalue weighted by atomic mass is 16.5. The summed E-state index contributed by atoms with van der Waals surface area (Å²) in [4.78, 5) is 17.3. The Kier molecular flexibility index (Phi) is 4.79. The Balaban J connectivity index is 2.33. The van der Waals surface area contributed by atoms with Crippen LogP contribution in [0.15, 0.2) is 0 Å². The van der Waals surface area contributed by atoms with Gasteiger partial charge in [0.1, 0.15) is 0 Å². The maximum absolute atomic E-state index is 9.51. The van der Waals surface area contributed by atoms with Gasteiger partial charge in [-0.2, -0.15) is 15.0 Å². The second-order valence-electron chi connectivity index (χ2n) is 5.64. The molecule has 2 heterocycles. The average molecular weight is 296 g/mol. The Morgan fingerprint density at radius 3 is 2.52 bits per heavy atom. The summed E-state index contributed by atoms with van der Waals surface area (Å²) in [6.45, 7) is 6.76. The van der Waals surface area contributed by atoms with Gasteiger partial charge in [0.15, 0.2) is 0 Å². The molecule has 1 fully saturated rings. The van der Waals surface area contributed by atoms with Crippen LogP contribution in [0.4, 0.5) is 17.8 Å². The number of nitrogens with one attached hydrogen (secondary N) is 1. The summed E-state index contributed by atoms with van der Waals surface area (Å²) in [5.41, 5.74) is -0.450. The molecular formula is C13H24N6O2. The number of hydrogen-bond donors (Lipinski definition) is 2. The maximum atomic E-state index is 9.51. The molecule has 1 aromatic rings. The van der Waals surface area contributed by atoms with E-state index in [9.17, 15) is 5.11 Å². The van der Waals surface area contributed by atoms with Crippen LogP contribution in [0.3, 0.4) is 0 Å². The van der Waals surface area contributed by atoms with E-state index in [0.717, 1.165) is 13.1 Å². The first kappa shape index (κ1) is 15.7. The van der Waals surface area contributed by atoms with Gasteiger partial charge in [0.2, 0.25) is 17.8 Å². The summed E-state index contributed by atoms with van der Waals surface area (Å²) in [6.07, 6.45) is 0. The lowest BCUT2D eigenvalue weighted by atomic mass is 10.1. The number of likely N-dealkylation sites (N-methyl/N-ethyl adjacent to an activating group) is 1. The van der Waals surface area contributed by atoms with Crippen LogP contribution in [-0.4, -0.2) is 72.6 Å². The van der Waals surface area contributed by atoms with Crippen molar-refractivity contribution in [3.05, 3.63) is 0 Å². The largest absolute Gasteiger partial charge is 0.394 e. The number of aliphatic hydroxyl groups is 1. The van der Waals surface area contributed by atoms with Gasteiger partial charge in [-0.15, -0.1) is 0 Å². The van der Waals surface area contributed by atoms with Gasteiger partial charge in [0.25, 0.3) is 0 Å². The summed E-state index contributed by atoms with van der Waals surface area (Å²) in [6, 6.07) is 0. The Bertz CT molecular complexity index is 476. The summed E-state index contributed by atoms with van der Waals surface area (Å²) >= 11 is 0. The van der Waals surface area contributed by atoms with Gasteiger partial charge in [0.05, 0.1) is 25.4 Å². The number of morpholine rings is 1. The van der Waals surface area contributed by atoms with E-state index in [-0.39, 0.29) is 6.61 Å². The van der Waals surface area contributed by atoms with Crippen LogP contribution in [0.5, 0.6) is 0 Å². The van der Waals surface area contributed by atoms with Crippen molar-refractivity contribution in [2.24, 2.45) is 0 Å². The number of anilines is 3. The fourth-order valence-corrected chi connectivity index (χ4v) is 1.90. The molecule has 0 bridgehead atoms. The minimum Gasteiger partial charge on any atom is -0.394 e. The lowest BCUT2D eigenvalue weighted by molar-refractivity contribution is 0.122. The minimum atomic E-state index is -0.450. The molecule has 118 valence electrons. The van der Waals surface area contributed by atoms with E-state index in [1.807, 2.05) is 25.8 Å². The predicted molar refractivity (Wildman–Crippen MR) is 82.0 cm³/mol. The molecule has 1 aliphatic rings. The van der Waals surface area contributed by atoms with Crippen molar-refractivity contribution in [1.29, 1.82) is 0 Å². The summed E-state index contributed by atoms with van der Waals surface area (Å²) < 4.78 is 5.36. The van der Waals surface area contributed by atoms with E-state index >= 15 is 0 Å². The number of rotatable bonds is 5. The highest BCUT2D eigenvalue weighted by Crippen LogP contribution is 2.22. The first-order valence-corrected chi connectivity index (χ1v) is 7.09. The van der Waals surface area contributed by atoms with Crippen LogP contribution in [0.25, 0.3) is 0 Å². The third-order valence-corrected chi connectivity index (χ3v) is 3.72. The SMILES string of the molecule is CNc1nc(N2CCOCC2)nc(N(C)C(C)(C)CO)n1. The van der Waals surface area contributed by atoms with Crippen LogP contribution in [0.2, 0.25) is 0 Å². The van der Waals surface area contributed by atoms with Crippen LogP contribution < -0.4 is 15.1 Å². The highest BCUT2D eigenvalue weighted by molar-refractivity contribution is 5.46. The lowest BCUT2D eigenvalue weighted by Crippen LogP contribution is -2.45. The molecular weight excluding hydrogens is 272 g/mol. The van der Waals surface area contributed by atoms with Gasteiger partial charge in [0, 0.05) is 27.2 Å². The standard InChI is InChI=1S/C13H24N6O2/c1-13(2,9-20)18(4)11-15-10(14-3)16-12(17-11)19-5-7-21-8-6-19/h20H,5-9H2,1-4H3,(H,14,15,16,17). The topological polar surface area (TPSA) is 86.6 Å². The van der Waals surface area contributed by atoms with Crippen LogP contribution >= 0.6 is 0 Å². The molecule has 21 heavy (non-hydrogen) atoms. The van der Waals surface area contributed by atoms with Gasteiger partial charge >= 0.3 is 0 Å². The lowest BCUT2D eigenvalue weighted by Gasteiger charge is -2.34. The van der Waals surface area contributed by atoms with Crippen molar-refractivity contribution in [2.45, 2.75) is 19.4 Å². The fourth-order valence-electron chi connectivity index (χ4n) is 1.90. The van der Waals surface area contributed by atoms with Crippen LogP contribution in [0, 0.1) is 0 Å². The summed E-state index contributed by atoms with van der Waals surface area (Å²) in [5.74, 6) is 1.69. The van der Waals surface area contributed by atoms with E-state index in [2.05, 4.69) is 25.2 Å². The van der Waals surface area contributed by atoms with E-state index in [4.69, 9.17) is 4.74 Å². The van der Waals surface area contributed by atoms with Crippen molar-refractivity contribution in [2.75, 3.05) is 62.1 Å². The number of aromatic nitrogens is 3. The van der Waals surface area contributed by atoms with Gasteiger partial charge in [-0.1, -0.05) is 0 Å². The average Bonchev–Trinajstić information content (AvgIpc) is 2.54. The maximum Gasteiger partial charge on any atom is 0.232 e. The number of nitrogens with zero attached hydrogens (tertiary/aromatic N) is 5. The Morgan fingerprint density at radius 1 is 1.29 bits per heavy atom. The molecule has 0 aliphatic carbocycles. The molecule has 1 aromatic heterocycles. The molecule has 1 aliphatic heterocycles. The van der Waals surface area contributed by atoms with E-state index in [1.165, 1.54) is 0 Å². The molecule has 0 spiro atoms. The molecule has 0 unspecified atom stereocenters. The van der Waals surface area contributed by atoms with E-state index in [1.54, 1.807) is 7.05 Å². The zero-order chi connectivity index (χ0) is 15.5. The molecule has 0 saturated carbocycles. The van der Waals surface area contributed by atoms with Crippen molar-refractivity contribution >= 4 is 17.8 Å². The Hall–Kier alpha value is -1.67. The molecule has 8 nitrogen and oxygen atoms in total. The Labute approximate surface area is 125 Å². The second-order valence-corrected chi connectivity index (χ2v) is 5.64. The van der Waals surface area contributed by atoms with E-state index < -0.39 is 5.54 Å². The normalized spacial score (nSPS) is 16.0. The number of hydrogen-bond acceptors (Lipinski definition) is 8. The quantitative estimate of drug-likeness (QED) is 0.782. The molecule has 0 atom stereocenters. The molecule has 0 aromatic carbocycles. The number of aliphatic hydroxyl groups excluding tert-OH is 1. The molecule has 2 rings (SSSR count). The van der Waals surface area contributed by atoms with Gasteiger partial charge in [-0.25, -0.2) is 0 Å². The smallest absolute Gasteiger partial charge is 0.232 e. The zero-order valence-corrected chi connectivity index (χ0v) is 13.1. The molecule has 0 amide bonds. The third-order valence-electron chi connectivity index (χ3n) is 3.72. The first-order chi connectivity index (χ1) is 9.97. The van der Waals surface area contributed by atoms with Gasteiger partial charge in [-0.05, 0) is 13.8 Å². The molecule has 1 saturated heterocycles. The highest BCUT2D eigenvalue weighted by Gasteiger charge is 2.26. The van der Waals surface area contributed by atoms with Gasteiger partial charge < -0.3 is 25.0 Å². The van der Waals surface area contributed by atoms with Crippen LogP contribution in [0.1, 0.15) is 13.8 Å². The minimum absolute atomic E-state index is 0.0109. The molecule has 8 heteroatoms. The monoisotopic (exact) mass is 296 g/mol. The van der Waals surface area contributed by atoms with Crippen molar-refractivity contribution in [3.63, 3.8) is 0 Å². The summed E-state index contributed by atoms with van der Waals surface area (Å²) in [7, 11) is 3.65. The molecule has 0 radical (unpaired) electrons. The Morgan fingerprint density at radius 2 is 1.95 bits per heavy atom. The van der Waals surface area contributed by atoms with Crippen LogP contribution in [-0.2, 0) is 4.74 Å². The molecule has 2 N–H and O–H groups in total. The second kappa shape index (κ2) is 6.40. The first-order valence-electron chi connectivity index (χ1n) is 7.09. The predicted octanol–water partition coefficient (Wildman–Crippen LogP) is -0.0430. The van der Waals surface area contributed by atoms with Crippen molar-refractivity contribution < 1.29 is 9.84 Å². The number of ether oxygens (including phenoxy) is 1. The third kappa shape index (κ3) is 3.51.